The molecule has 1 aromatic heterocycles. The number of aryl methyl sites for hydroxylation is 1. The molecule has 0 saturated carbocycles. The van der Waals surface area contributed by atoms with E-state index in [4.69, 9.17) is 5.84 Å². The molecule has 1 heterocycles. The topological polar surface area (TPSA) is 80.0 Å². The second-order valence-electron chi connectivity index (χ2n) is 4.96. The van der Waals surface area contributed by atoms with Crippen LogP contribution in [0, 0.1) is 5.92 Å². The molecule has 5 nitrogen and oxygen atoms in total. The van der Waals surface area contributed by atoms with E-state index < -0.39 is 0 Å². The smallest absolute Gasteiger partial charge is 0.251 e. The number of hydrogen-bond donors (Lipinski definition) is 3. The lowest BCUT2D eigenvalue weighted by atomic mass is 10.0. The molecule has 106 valence electrons. The van der Waals surface area contributed by atoms with Crippen LogP contribution in [-0.4, -0.2) is 16.9 Å². The number of nitrogens with one attached hydrogen (secondary N) is 2. The van der Waals surface area contributed by atoms with E-state index in [2.05, 4.69) is 36.5 Å². The first-order valence-electron chi connectivity index (χ1n) is 6.80. The molecule has 1 unspecified atom stereocenters. The highest BCUT2D eigenvalue weighted by atomic mass is 16.1. The Morgan fingerprint density at radius 1 is 1.37 bits per heavy atom. The summed E-state index contributed by atoms with van der Waals surface area (Å²) in [6, 6.07) is 3.66. The van der Waals surface area contributed by atoms with E-state index in [1.165, 1.54) is 0 Å². The van der Waals surface area contributed by atoms with Crippen molar-refractivity contribution in [2.75, 3.05) is 5.43 Å². The maximum Gasteiger partial charge on any atom is 0.251 e. The summed E-state index contributed by atoms with van der Waals surface area (Å²) in [5.74, 6) is 6.23. The number of carbonyl (C=O) groups excluding carboxylic acids is 1. The highest BCUT2D eigenvalue weighted by molar-refractivity contribution is 5.95. The van der Waals surface area contributed by atoms with Gasteiger partial charge in [-0.25, -0.2) is 10.8 Å². The molecule has 1 atom stereocenters. The number of nitrogen functional groups attached to an aromatic ring is 1. The summed E-state index contributed by atoms with van der Waals surface area (Å²) in [6.07, 6.45) is 1.67. The number of nitrogens with two attached hydrogens (primary N) is 1. The van der Waals surface area contributed by atoms with Crippen molar-refractivity contribution >= 4 is 11.7 Å². The molecule has 0 spiro atoms. The lowest BCUT2D eigenvalue weighted by molar-refractivity contribution is 0.0924. The monoisotopic (exact) mass is 264 g/mol. The van der Waals surface area contributed by atoms with E-state index >= 15 is 0 Å². The number of amides is 1. The van der Waals surface area contributed by atoms with E-state index in [1.54, 1.807) is 6.07 Å². The van der Waals surface area contributed by atoms with Gasteiger partial charge in [0.1, 0.15) is 5.82 Å². The zero-order chi connectivity index (χ0) is 14.4. The number of pyridine rings is 1. The van der Waals surface area contributed by atoms with Crippen molar-refractivity contribution in [3.8, 4) is 0 Å². The molecule has 0 aliphatic rings. The van der Waals surface area contributed by atoms with Crippen LogP contribution in [-0.2, 0) is 6.42 Å². The molecule has 1 rings (SSSR count). The van der Waals surface area contributed by atoms with Crippen molar-refractivity contribution in [2.45, 2.75) is 46.6 Å². The molecule has 19 heavy (non-hydrogen) atoms. The molecule has 0 saturated heterocycles. The number of rotatable bonds is 6. The highest BCUT2D eigenvalue weighted by Gasteiger charge is 2.16. The Balaban J connectivity index is 2.92. The Labute approximate surface area is 115 Å². The summed E-state index contributed by atoms with van der Waals surface area (Å²) >= 11 is 0. The lowest BCUT2D eigenvalue weighted by Gasteiger charge is -2.21. The van der Waals surface area contributed by atoms with Crippen molar-refractivity contribution in [1.82, 2.24) is 10.3 Å². The fourth-order valence-corrected chi connectivity index (χ4v) is 1.97. The van der Waals surface area contributed by atoms with E-state index in [-0.39, 0.29) is 11.9 Å². The van der Waals surface area contributed by atoms with Crippen LogP contribution < -0.4 is 16.6 Å². The van der Waals surface area contributed by atoms with Crippen LogP contribution in [0.5, 0.6) is 0 Å². The van der Waals surface area contributed by atoms with Gasteiger partial charge in [-0.05, 0) is 30.9 Å². The summed E-state index contributed by atoms with van der Waals surface area (Å²) in [5, 5.41) is 3.05. The third-order valence-corrected chi connectivity index (χ3v) is 3.21. The fraction of sp³-hybridized carbons (Fsp3) is 0.571. The first kappa shape index (κ1) is 15.4. The van der Waals surface area contributed by atoms with Gasteiger partial charge in [0.25, 0.3) is 5.91 Å². The molecule has 0 fully saturated rings. The first-order valence-corrected chi connectivity index (χ1v) is 6.80. The normalized spacial score (nSPS) is 12.3. The van der Waals surface area contributed by atoms with Gasteiger partial charge >= 0.3 is 0 Å². The predicted molar refractivity (Wildman–Crippen MR) is 77.8 cm³/mol. The SMILES string of the molecule is CCc1cc(C(=O)NC(CC)C(C)C)cc(NN)n1. The maximum absolute atomic E-state index is 12.2. The summed E-state index contributed by atoms with van der Waals surface area (Å²) < 4.78 is 0. The molecule has 0 aliphatic carbocycles. The quantitative estimate of drug-likeness (QED) is 0.543. The minimum absolute atomic E-state index is 0.0749. The predicted octanol–water partition coefficient (Wildman–Crippen LogP) is 2.09. The van der Waals surface area contributed by atoms with Gasteiger partial charge in [0.05, 0.1) is 0 Å². The van der Waals surface area contributed by atoms with Gasteiger partial charge in [-0.2, -0.15) is 0 Å². The molecule has 1 aromatic rings. The van der Waals surface area contributed by atoms with E-state index in [1.807, 2.05) is 13.0 Å². The zero-order valence-corrected chi connectivity index (χ0v) is 12.2. The van der Waals surface area contributed by atoms with Crippen LogP contribution in [0.15, 0.2) is 12.1 Å². The van der Waals surface area contributed by atoms with E-state index in [0.717, 1.165) is 18.5 Å². The number of anilines is 1. The molecule has 0 aliphatic heterocycles. The second kappa shape index (κ2) is 7.09. The van der Waals surface area contributed by atoms with E-state index in [9.17, 15) is 4.79 Å². The van der Waals surface area contributed by atoms with Gasteiger partial charge in [0.2, 0.25) is 0 Å². The molecule has 0 bridgehead atoms. The number of nitrogens with zero attached hydrogens (tertiary/aromatic N) is 1. The van der Waals surface area contributed by atoms with Crippen LogP contribution in [0.4, 0.5) is 5.82 Å². The number of hydrogen-bond acceptors (Lipinski definition) is 4. The van der Waals surface area contributed by atoms with E-state index in [0.29, 0.717) is 17.3 Å². The zero-order valence-electron chi connectivity index (χ0n) is 12.2. The third kappa shape index (κ3) is 4.21. The van der Waals surface area contributed by atoms with Crippen LogP contribution in [0.3, 0.4) is 0 Å². The number of carbonyl (C=O) groups is 1. The summed E-state index contributed by atoms with van der Waals surface area (Å²) in [5.41, 5.74) is 3.94. The van der Waals surface area contributed by atoms with Crippen molar-refractivity contribution in [2.24, 2.45) is 11.8 Å². The van der Waals surface area contributed by atoms with Crippen LogP contribution >= 0.6 is 0 Å². The van der Waals surface area contributed by atoms with Gasteiger partial charge in [-0.3, -0.25) is 4.79 Å². The summed E-state index contributed by atoms with van der Waals surface area (Å²) in [6.45, 7) is 8.27. The Kier molecular flexibility index (Phi) is 5.76. The van der Waals surface area contributed by atoms with Crippen molar-refractivity contribution < 1.29 is 4.79 Å². The fourth-order valence-electron chi connectivity index (χ4n) is 1.97. The summed E-state index contributed by atoms with van der Waals surface area (Å²) in [4.78, 5) is 16.5. The van der Waals surface area contributed by atoms with Gasteiger partial charge in [-0.1, -0.05) is 27.7 Å². The average molecular weight is 264 g/mol. The number of hydrazine groups is 1. The molecule has 0 aromatic carbocycles. The largest absolute Gasteiger partial charge is 0.349 e. The Morgan fingerprint density at radius 3 is 2.53 bits per heavy atom. The Hall–Kier alpha value is -1.62. The first-order chi connectivity index (χ1) is 9.01. The van der Waals surface area contributed by atoms with Gasteiger partial charge in [0, 0.05) is 17.3 Å². The van der Waals surface area contributed by atoms with Crippen LogP contribution in [0.1, 0.15) is 50.2 Å². The van der Waals surface area contributed by atoms with Crippen LogP contribution in [0.25, 0.3) is 0 Å². The number of aromatic nitrogens is 1. The third-order valence-electron chi connectivity index (χ3n) is 3.21. The molecular weight excluding hydrogens is 240 g/mol. The lowest BCUT2D eigenvalue weighted by Crippen LogP contribution is -2.38. The van der Waals surface area contributed by atoms with Gasteiger partial charge in [0.15, 0.2) is 0 Å². The van der Waals surface area contributed by atoms with Crippen LogP contribution in [0.2, 0.25) is 0 Å². The Bertz CT molecular complexity index is 409. The standard InChI is InChI=1S/C14H24N4O/c1-5-11-7-10(8-13(16-11)18-15)14(19)17-12(6-2)9(3)4/h7-9,12H,5-6,15H2,1-4H3,(H,16,18)(H,17,19). The highest BCUT2D eigenvalue weighted by Crippen LogP contribution is 2.12. The van der Waals surface area contributed by atoms with Gasteiger partial charge in [-0.15, -0.1) is 0 Å². The van der Waals surface area contributed by atoms with Crippen molar-refractivity contribution in [3.63, 3.8) is 0 Å². The maximum atomic E-state index is 12.2. The average Bonchev–Trinajstić information content (AvgIpc) is 2.43. The Morgan fingerprint density at radius 2 is 2.05 bits per heavy atom. The van der Waals surface area contributed by atoms with Crippen molar-refractivity contribution in [3.05, 3.63) is 23.4 Å². The molecule has 5 heteroatoms. The summed E-state index contributed by atoms with van der Waals surface area (Å²) in [7, 11) is 0. The second-order valence-corrected chi connectivity index (χ2v) is 4.96. The minimum Gasteiger partial charge on any atom is -0.349 e. The van der Waals surface area contributed by atoms with Gasteiger partial charge < -0.3 is 10.7 Å². The molecule has 4 N–H and O–H groups in total. The molecular formula is C14H24N4O. The molecule has 0 radical (unpaired) electrons. The van der Waals surface area contributed by atoms with Crippen molar-refractivity contribution in [1.29, 1.82) is 0 Å². The minimum atomic E-state index is -0.0749. The molecule has 1 amide bonds.